The number of carbonyl (C=O) groups is 2. The number of hydrogen-bond donors (Lipinski definition) is 1. The Labute approximate surface area is 144 Å². The Morgan fingerprint density at radius 1 is 1.22 bits per heavy atom. The summed E-state index contributed by atoms with van der Waals surface area (Å²) in [6.45, 7) is 15.4. The number of esters is 1. The Kier molecular flexibility index (Phi) is 27.8. The minimum atomic E-state index is -0.543. The van der Waals surface area contributed by atoms with Crippen LogP contribution in [-0.4, -0.2) is 30.6 Å². The van der Waals surface area contributed by atoms with Gasteiger partial charge in [0, 0.05) is 23.5 Å². The number of ether oxygens (including phenoxy) is 1. The third kappa shape index (κ3) is 13.2. The molecule has 0 aromatic heterocycles. The number of methoxy groups -OCH3 is 1. The Hall–Kier alpha value is -2.17. The molecule has 0 saturated carbocycles. The maximum absolute atomic E-state index is 11.5. The Balaban J connectivity index is -0.000000231. The molecule has 0 spiro atoms. The summed E-state index contributed by atoms with van der Waals surface area (Å²) in [5.74, 6) is -0.610. The molecule has 0 aromatic rings. The molecule has 1 unspecified atom stereocenters. The fourth-order valence-corrected chi connectivity index (χ4v) is 1.22. The SMILES string of the molecule is C/C=C/C=C/C(=O)C1=NNC(C(=O)OC)C1.[C-]#[O+].[C-]#[O+].[C-]#[O+].[Fe]. The first-order chi connectivity index (χ1) is 10.7. The zero-order valence-electron chi connectivity index (χ0n) is 12.3. The van der Waals surface area contributed by atoms with Crippen molar-refractivity contribution in [1.29, 1.82) is 0 Å². The maximum Gasteiger partial charge on any atom is 0 e. The molecule has 1 aliphatic heterocycles. The number of rotatable bonds is 4. The van der Waals surface area contributed by atoms with Crippen molar-refractivity contribution in [3.8, 4) is 0 Å². The molecule has 124 valence electrons. The average molecular weight is 362 g/mol. The molecule has 1 heterocycles. The van der Waals surface area contributed by atoms with Gasteiger partial charge in [0.05, 0.1) is 7.11 Å². The first-order valence-electron chi connectivity index (χ1n) is 5.54. The summed E-state index contributed by atoms with van der Waals surface area (Å²) in [7, 11) is 1.30. The van der Waals surface area contributed by atoms with Crippen LogP contribution in [0.5, 0.6) is 0 Å². The molecule has 0 saturated heterocycles. The summed E-state index contributed by atoms with van der Waals surface area (Å²) >= 11 is 0. The van der Waals surface area contributed by atoms with Gasteiger partial charge in [0.2, 0.25) is 5.78 Å². The van der Waals surface area contributed by atoms with Crippen molar-refractivity contribution in [3.05, 3.63) is 44.3 Å². The van der Waals surface area contributed by atoms with E-state index in [1.165, 1.54) is 13.2 Å². The molecule has 1 N–H and O–H groups in total. The van der Waals surface area contributed by atoms with Crippen molar-refractivity contribution in [2.75, 3.05) is 7.11 Å². The van der Waals surface area contributed by atoms with E-state index >= 15 is 0 Å². The number of hydrazone groups is 1. The predicted molar refractivity (Wildman–Crippen MR) is 71.7 cm³/mol. The zero-order chi connectivity index (χ0) is 18.0. The molecule has 8 nitrogen and oxygen atoms in total. The number of allylic oxidation sites excluding steroid dienone is 4. The molecule has 0 aromatic carbocycles. The van der Waals surface area contributed by atoms with E-state index in [9.17, 15) is 9.59 Å². The van der Waals surface area contributed by atoms with E-state index in [1.54, 1.807) is 12.2 Å². The molecule has 0 fully saturated rings. The first-order valence-corrected chi connectivity index (χ1v) is 5.54. The maximum atomic E-state index is 11.5. The minimum absolute atomic E-state index is 0. The van der Waals surface area contributed by atoms with E-state index in [0.717, 1.165) is 0 Å². The van der Waals surface area contributed by atoms with Crippen LogP contribution in [0, 0.1) is 20.0 Å². The van der Waals surface area contributed by atoms with Gasteiger partial charge in [0.15, 0.2) is 0 Å². The first kappa shape index (κ1) is 28.9. The second kappa shape index (κ2) is 22.1. The van der Waals surface area contributed by atoms with Crippen molar-refractivity contribution in [1.82, 2.24) is 5.43 Å². The molecule has 9 heteroatoms. The van der Waals surface area contributed by atoms with Crippen LogP contribution in [0.4, 0.5) is 0 Å². The van der Waals surface area contributed by atoms with Crippen LogP contribution >= 0.6 is 0 Å². The Bertz CT molecular complexity index is 477. The van der Waals surface area contributed by atoms with E-state index in [4.69, 9.17) is 14.0 Å². The van der Waals surface area contributed by atoms with Crippen molar-refractivity contribution in [2.45, 2.75) is 19.4 Å². The van der Waals surface area contributed by atoms with E-state index in [1.807, 2.05) is 13.0 Å². The summed E-state index contributed by atoms with van der Waals surface area (Å²) in [6, 6.07) is -0.543. The van der Waals surface area contributed by atoms with Crippen LogP contribution in [0.15, 0.2) is 29.4 Å². The minimum Gasteiger partial charge on any atom is 0 e. The van der Waals surface area contributed by atoms with Gasteiger partial charge in [-0.25, -0.2) is 4.79 Å². The topological polar surface area (TPSA) is 127 Å². The van der Waals surface area contributed by atoms with Crippen LogP contribution in [0.25, 0.3) is 0 Å². The molecule has 0 bridgehead atoms. The van der Waals surface area contributed by atoms with Gasteiger partial charge in [-0.3, -0.25) is 10.2 Å². The van der Waals surface area contributed by atoms with Gasteiger partial charge in [0.1, 0.15) is 11.8 Å². The van der Waals surface area contributed by atoms with Crippen LogP contribution < -0.4 is 5.43 Å². The van der Waals surface area contributed by atoms with E-state index in [-0.39, 0.29) is 29.3 Å². The van der Waals surface area contributed by atoms with Crippen LogP contribution in [0.2, 0.25) is 0 Å². The number of nitrogens with zero attached hydrogens (tertiary/aromatic N) is 1. The monoisotopic (exact) mass is 362 g/mol. The molecule has 0 amide bonds. The molecular weight excluding hydrogens is 348 g/mol. The van der Waals surface area contributed by atoms with Crippen LogP contribution in [0.3, 0.4) is 0 Å². The van der Waals surface area contributed by atoms with Crippen molar-refractivity contribution < 1.29 is 45.4 Å². The number of ketones is 1. The average Bonchev–Trinajstić information content (AvgIpc) is 3.10. The molecule has 1 rings (SSSR count). The van der Waals surface area contributed by atoms with Gasteiger partial charge in [0.25, 0.3) is 0 Å². The zero-order valence-corrected chi connectivity index (χ0v) is 13.4. The smallest absolute Gasteiger partial charge is 0 e. The van der Waals surface area contributed by atoms with Crippen molar-refractivity contribution in [2.24, 2.45) is 5.10 Å². The van der Waals surface area contributed by atoms with Crippen LogP contribution in [0.1, 0.15) is 13.3 Å². The number of nitrogens with one attached hydrogen (secondary N) is 1. The molecule has 23 heavy (non-hydrogen) atoms. The van der Waals surface area contributed by atoms with E-state index in [2.05, 4.69) is 35.2 Å². The Morgan fingerprint density at radius 3 is 2.17 bits per heavy atom. The predicted octanol–water partition coefficient (Wildman–Crippen LogP) is 0.464. The Morgan fingerprint density at radius 2 is 1.74 bits per heavy atom. The van der Waals surface area contributed by atoms with Gasteiger partial charge in [-0.2, -0.15) is 5.10 Å². The largest absolute Gasteiger partial charge is 0 e. The normalized spacial score (nSPS) is 14.1. The third-order valence-electron chi connectivity index (χ3n) is 2.07. The standard InChI is InChI=1S/C11H14N2O3.3CO.Fe/c1-3-4-5-6-10(14)8-7-9(13-12-8)11(15)16-2;3*1-2;/h3-6,9,13H,7H2,1-2H3;;;;/b4-3+,6-5+;;;;. The molecule has 1 aliphatic rings. The fourth-order valence-electron chi connectivity index (χ4n) is 1.22. The molecular formula is C14H14FeN2O6. The summed E-state index contributed by atoms with van der Waals surface area (Å²) < 4.78 is 27.0. The van der Waals surface area contributed by atoms with Gasteiger partial charge < -0.3 is 4.74 Å². The quantitative estimate of drug-likeness (QED) is 0.195. The van der Waals surface area contributed by atoms with Gasteiger partial charge in [-0.15, -0.1) is 0 Å². The summed E-state index contributed by atoms with van der Waals surface area (Å²) in [6.07, 6.45) is 6.89. The molecule has 0 radical (unpaired) electrons. The van der Waals surface area contributed by atoms with Crippen molar-refractivity contribution in [3.63, 3.8) is 0 Å². The van der Waals surface area contributed by atoms with Gasteiger partial charge in [-0.1, -0.05) is 18.2 Å². The second-order valence-electron chi connectivity index (χ2n) is 3.22. The van der Waals surface area contributed by atoms with Gasteiger partial charge in [-0.05, 0) is 13.0 Å². The number of carbonyl (C=O) groups excluding carboxylic acids is 2. The summed E-state index contributed by atoms with van der Waals surface area (Å²) in [5, 5.41) is 3.81. The molecule has 1 atom stereocenters. The van der Waals surface area contributed by atoms with Gasteiger partial charge >= 0.3 is 39.9 Å². The summed E-state index contributed by atoms with van der Waals surface area (Å²) in [4.78, 5) is 22.7. The number of hydrogen-bond acceptors (Lipinski definition) is 5. The molecule has 0 aliphatic carbocycles. The van der Waals surface area contributed by atoms with E-state index < -0.39 is 12.0 Å². The third-order valence-corrected chi connectivity index (χ3v) is 2.07. The summed E-state index contributed by atoms with van der Waals surface area (Å²) in [5.41, 5.74) is 2.91. The van der Waals surface area contributed by atoms with E-state index in [0.29, 0.717) is 5.71 Å². The second-order valence-corrected chi connectivity index (χ2v) is 3.22. The van der Waals surface area contributed by atoms with Crippen molar-refractivity contribution >= 4 is 17.5 Å². The van der Waals surface area contributed by atoms with Crippen LogP contribution in [-0.2, 0) is 45.4 Å². The fraction of sp³-hybridized carbons (Fsp3) is 0.286.